The van der Waals surface area contributed by atoms with Gasteiger partial charge < -0.3 is 4.90 Å². The monoisotopic (exact) mass is 829 g/mol. The third-order valence-electron chi connectivity index (χ3n) is 13.9. The normalized spacial score (nSPS) is 11.7. The molecule has 0 saturated heterocycles. The van der Waals surface area contributed by atoms with Crippen LogP contribution in [0.15, 0.2) is 212 Å². The molecule has 12 rings (SSSR count). The van der Waals surface area contributed by atoms with Gasteiger partial charge in [-0.15, -0.1) is 0 Å². The molecule has 0 aliphatic heterocycles. The molecular formula is C64H47N. The Labute approximate surface area is 380 Å². The molecule has 0 spiro atoms. The van der Waals surface area contributed by atoms with Crippen molar-refractivity contribution in [1.29, 1.82) is 0 Å². The molecule has 0 N–H and O–H groups in total. The summed E-state index contributed by atoms with van der Waals surface area (Å²) in [6, 6.07) is 79.4. The number of aryl methyl sites for hydroxylation is 4. The lowest BCUT2D eigenvalue weighted by Crippen LogP contribution is -2.11. The molecule has 0 atom stereocenters. The van der Waals surface area contributed by atoms with E-state index in [0.29, 0.717) is 0 Å². The third kappa shape index (κ3) is 6.22. The molecule has 12 aromatic rings. The highest BCUT2D eigenvalue weighted by Crippen LogP contribution is 2.51. The molecule has 1 nitrogen and oxygen atoms in total. The Morgan fingerprint density at radius 2 is 0.477 bits per heavy atom. The second kappa shape index (κ2) is 15.4. The predicted octanol–water partition coefficient (Wildman–Crippen LogP) is 18.3. The van der Waals surface area contributed by atoms with Crippen LogP contribution in [-0.2, 0) is 0 Å². The quantitative estimate of drug-likeness (QED) is 0.151. The molecule has 0 saturated carbocycles. The summed E-state index contributed by atoms with van der Waals surface area (Å²) in [5.41, 5.74) is 15.9. The standard InChI is InChI=1S/C64H47N/c1-40-29-33-47(34-30-40)65(48-35-31-41(2)32-36-48)64-59-27-15-13-25-57(59)63(58-26-14-16-28-60(58)64)46-38-44(61-53-21-9-5-17-49(53)42(3)50-18-6-10-22-54(50)61)37-45(39-46)62-55-23-11-7-19-51(55)43(4)52-20-8-12-24-56(52)62/h5-39H,1-4H3. The smallest absolute Gasteiger partial charge is 0.0618 e. The molecule has 0 radical (unpaired) electrons. The van der Waals surface area contributed by atoms with Crippen LogP contribution in [0, 0.1) is 27.7 Å². The number of nitrogens with zero attached hydrogens (tertiary/aromatic N) is 1. The average molecular weight is 830 g/mol. The van der Waals surface area contributed by atoms with Gasteiger partial charge in [-0.3, -0.25) is 0 Å². The number of fused-ring (bicyclic) bond motifs is 6. The van der Waals surface area contributed by atoms with Gasteiger partial charge in [0.15, 0.2) is 0 Å². The second-order valence-electron chi connectivity index (χ2n) is 17.8. The van der Waals surface area contributed by atoms with Crippen LogP contribution in [0.2, 0.25) is 0 Å². The number of benzene rings is 12. The molecule has 12 aromatic carbocycles. The molecule has 0 aromatic heterocycles. The number of anilines is 3. The zero-order chi connectivity index (χ0) is 43.8. The fraction of sp³-hybridized carbons (Fsp3) is 0.0625. The van der Waals surface area contributed by atoms with Crippen LogP contribution in [0.3, 0.4) is 0 Å². The molecule has 0 unspecified atom stereocenters. The maximum absolute atomic E-state index is 2.48. The molecule has 1 heteroatoms. The summed E-state index contributed by atoms with van der Waals surface area (Å²) >= 11 is 0. The summed E-state index contributed by atoms with van der Waals surface area (Å²) in [5.74, 6) is 0. The Balaban J connectivity index is 1.24. The molecule has 0 aliphatic carbocycles. The lowest BCUT2D eigenvalue weighted by atomic mass is 9.83. The summed E-state index contributed by atoms with van der Waals surface area (Å²) in [7, 11) is 0. The van der Waals surface area contributed by atoms with Crippen molar-refractivity contribution in [3.05, 3.63) is 235 Å². The largest absolute Gasteiger partial charge is 0.309 e. The summed E-state index contributed by atoms with van der Waals surface area (Å²) in [4.78, 5) is 2.46. The first kappa shape index (κ1) is 38.7. The van der Waals surface area contributed by atoms with Gasteiger partial charge >= 0.3 is 0 Å². The zero-order valence-corrected chi connectivity index (χ0v) is 37.2. The fourth-order valence-corrected chi connectivity index (χ4v) is 10.8. The maximum Gasteiger partial charge on any atom is 0.0618 e. The van der Waals surface area contributed by atoms with Gasteiger partial charge in [0.05, 0.1) is 5.69 Å². The molecule has 0 fully saturated rings. The molecule has 0 heterocycles. The first-order chi connectivity index (χ1) is 31.9. The van der Waals surface area contributed by atoms with Crippen LogP contribution in [0.25, 0.3) is 98.0 Å². The van der Waals surface area contributed by atoms with E-state index >= 15 is 0 Å². The highest BCUT2D eigenvalue weighted by Gasteiger charge is 2.24. The van der Waals surface area contributed by atoms with Crippen LogP contribution >= 0.6 is 0 Å². The van der Waals surface area contributed by atoms with Gasteiger partial charge in [0, 0.05) is 22.1 Å². The van der Waals surface area contributed by atoms with Crippen LogP contribution in [0.1, 0.15) is 22.3 Å². The zero-order valence-electron chi connectivity index (χ0n) is 37.2. The van der Waals surface area contributed by atoms with E-state index in [1.165, 1.54) is 126 Å². The maximum atomic E-state index is 2.48. The van der Waals surface area contributed by atoms with E-state index in [1.54, 1.807) is 0 Å². The Morgan fingerprint density at radius 3 is 0.754 bits per heavy atom. The first-order valence-electron chi connectivity index (χ1n) is 22.8. The lowest BCUT2D eigenvalue weighted by Gasteiger charge is -2.30. The number of rotatable bonds is 6. The van der Waals surface area contributed by atoms with Gasteiger partial charge in [0.2, 0.25) is 0 Å². The highest BCUT2D eigenvalue weighted by atomic mass is 15.1. The van der Waals surface area contributed by atoms with Gasteiger partial charge in [-0.05, 0) is 169 Å². The van der Waals surface area contributed by atoms with E-state index in [2.05, 4.69) is 245 Å². The summed E-state index contributed by atoms with van der Waals surface area (Å²) in [6.45, 7) is 8.87. The molecule has 0 bridgehead atoms. The van der Waals surface area contributed by atoms with E-state index in [4.69, 9.17) is 0 Å². The van der Waals surface area contributed by atoms with E-state index < -0.39 is 0 Å². The first-order valence-corrected chi connectivity index (χ1v) is 22.8. The predicted molar refractivity (Wildman–Crippen MR) is 281 cm³/mol. The highest BCUT2D eigenvalue weighted by molar-refractivity contribution is 6.24. The van der Waals surface area contributed by atoms with Crippen LogP contribution in [-0.4, -0.2) is 0 Å². The second-order valence-corrected chi connectivity index (χ2v) is 17.8. The Morgan fingerprint density at radius 1 is 0.246 bits per heavy atom. The van der Waals surface area contributed by atoms with Crippen molar-refractivity contribution in [3.63, 3.8) is 0 Å². The number of hydrogen-bond donors (Lipinski definition) is 0. The van der Waals surface area contributed by atoms with Gasteiger partial charge in [-0.25, -0.2) is 0 Å². The van der Waals surface area contributed by atoms with Crippen molar-refractivity contribution in [2.24, 2.45) is 0 Å². The third-order valence-corrected chi connectivity index (χ3v) is 13.9. The van der Waals surface area contributed by atoms with Gasteiger partial charge in [-0.2, -0.15) is 0 Å². The molecule has 65 heavy (non-hydrogen) atoms. The van der Waals surface area contributed by atoms with E-state index in [9.17, 15) is 0 Å². The molecule has 0 aliphatic rings. The lowest BCUT2D eigenvalue weighted by molar-refractivity contribution is 1.29. The topological polar surface area (TPSA) is 3.24 Å². The van der Waals surface area contributed by atoms with Crippen molar-refractivity contribution in [1.82, 2.24) is 0 Å². The fourth-order valence-electron chi connectivity index (χ4n) is 10.8. The Hall–Kier alpha value is -8.00. The van der Waals surface area contributed by atoms with Crippen molar-refractivity contribution >= 4 is 81.7 Å². The molecule has 0 amide bonds. The Bertz CT molecular complexity index is 3500. The molecular weight excluding hydrogens is 783 g/mol. The van der Waals surface area contributed by atoms with Crippen molar-refractivity contribution in [3.8, 4) is 33.4 Å². The average Bonchev–Trinajstić information content (AvgIpc) is 3.35. The van der Waals surface area contributed by atoms with Crippen LogP contribution < -0.4 is 4.90 Å². The van der Waals surface area contributed by atoms with E-state index in [0.717, 1.165) is 11.4 Å². The summed E-state index contributed by atoms with van der Waals surface area (Å²) in [6.07, 6.45) is 0. The number of hydrogen-bond acceptors (Lipinski definition) is 1. The minimum absolute atomic E-state index is 1.13. The van der Waals surface area contributed by atoms with E-state index in [1.807, 2.05) is 0 Å². The SMILES string of the molecule is Cc1ccc(N(c2ccc(C)cc2)c2c3ccccc3c(-c3cc(-c4c5ccccc5c(C)c5ccccc45)cc(-c4c5ccccc5c(C)c5ccccc45)c3)c3ccccc23)cc1. The Kier molecular flexibility index (Phi) is 9.14. The van der Waals surface area contributed by atoms with Gasteiger partial charge in [0.25, 0.3) is 0 Å². The van der Waals surface area contributed by atoms with Crippen molar-refractivity contribution < 1.29 is 0 Å². The van der Waals surface area contributed by atoms with Gasteiger partial charge in [0.1, 0.15) is 0 Å². The van der Waals surface area contributed by atoms with Gasteiger partial charge in [-0.1, -0.05) is 181 Å². The van der Waals surface area contributed by atoms with Crippen LogP contribution in [0.5, 0.6) is 0 Å². The molecule has 308 valence electrons. The summed E-state index contributed by atoms with van der Waals surface area (Å²) in [5, 5.41) is 15.0. The minimum atomic E-state index is 1.13. The van der Waals surface area contributed by atoms with E-state index in [-0.39, 0.29) is 0 Å². The minimum Gasteiger partial charge on any atom is -0.309 e. The summed E-state index contributed by atoms with van der Waals surface area (Å²) < 4.78 is 0. The van der Waals surface area contributed by atoms with Crippen molar-refractivity contribution in [2.45, 2.75) is 27.7 Å². The van der Waals surface area contributed by atoms with Crippen LogP contribution in [0.4, 0.5) is 17.1 Å². The van der Waals surface area contributed by atoms with Crippen molar-refractivity contribution in [2.75, 3.05) is 4.90 Å².